The Balaban J connectivity index is 3.27. The molecule has 13 heavy (non-hydrogen) atoms. The lowest BCUT2D eigenvalue weighted by atomic mass is 10.2. The van der Waals surface area contributed by atoms with Gasteiger partial charge in [0, 0.05) is 6.07 Å². The molecule has 1 heterocycles. The highest BCUT2D eigenvalue weighted by molar-refractivity contribution is 9.10. The second-order valence-corrected chi connectivity index (χ2v) is 2.90. The SMILES string of the molecule is NC(=O)c1cc([N+](=O)[O-])cnc1Br. The van der Waals surface area contributed by atoms with Gasteiger partial charge < -0.3 is 5.73 Å². The lowest BCUT2D eigenvalue weighted by molar-refractivity contribution is -0.385. The molecule has 0 fully saturated rings. The van der Waals surface area contributed by atoms with Crippen LogP contribution in [-0.4, -0.2) is 15.8 Å². The van der Waals surface area contributed by atoms with E-state index in [1.807, 2.05) is 0 Å². The lowest BCUT2D eigenvalue weighted by Crippen LogP contribution is -2.12. The standard InChI is InChI=1S/C6H4BrN3O3/c7-5-4(6(8)11)1-3(2-9-5)10(12)13/h1-2H,(H2,8,11). The van der Waals surface area contributed by atoms with Crippen molar-refractivity contribution in [3.8, 4) is 0 Å². The molecule has 0 bridgehead atoms. The predicted octanol–water partition coefficient (Wildman–Crippen LogP) is 0.851. The number of nitrogens with zero attached hydrogens (tertiary/aromatic N) is 2. The summed E-state index contributed by atoms with van der Waals surface area (Å²) in [7, 11) is 0. The van der Waals surface area contributed by atoms with Gasteiger partial charge in [-0.15, -0.1) is 0 Å². The van der Waals surface area contributed by atoms with Crippen LogP contribution in [0.5, 0.6) is 0 Å². The largest absolute Gasteiger partial charge is 0.366 e. The summed E-state index contributed by atoms with van der Waals surface area (Å²) in [6.07, 6.45) is 1.04. The molecule has 1 rings (SSSR count). The third-order valence-corrected chi connectivity index (χ3v) is 1.93. The Labute approximate surface area is 81.0 Å². The summed E-state index contributed by atoms with van der Waals surface area (Å²) in [6.45, 7) is 0. The van der Waals surface area contributed by atoms with Crippen molar-refractivity contribution in [1.29, 1.82) is 0 Å². The van der Waals surface area contributed by atoms with Crippen LogP contribution >= 0.6 is 15.9 Å². The maximum Gasteiger partial charge on any atom is 0.288 e. The highest BCUT2D eigenvalue weighted by atomic mass is 79.9. The van der Waals surface area contributed by atoms with E-state index in [0.717, 1.165) is 12.3 Å². The van der Waals surface area contributed by atoms with E-state index in [-0.39, 0.29) is 15.9 Å². The Morgan fingerprint density at radius 3 is 2.77 bits per heavy atom. The van der Waals surface area contributed by atoms with Crippen LogP contribution in [0, 0.1) is 10.1 Å². The Bertz CT molecular complexity index is 379. The van der Waals surface area contributed by atoms with E-state index in [4.69, 9.17) is 5.73 Å². The molecular weight excluding hydrogens is 242 g/mol. The molecule has 68 valence electrons. The topological polar surface area (TPSA) is 99.1 Å². The molecule has 0 aliphatic rings. The van der Waals surface area contributed by atoms with E-state index >= 15 is 0 Å². The summed E-state index contributed by atoms with van der Waals surface area (Å²) < 4.78 is 0.200. The van der Waals surface area contributed by atoms with Crippen LogP contribution in [0.25, 0.3) is 0 Å². The first kappa shape index (κ1) is 9.59. The average molecular weight is 246 g/mol. The third-order valence-electron chi connectivity index (χ3n) is 1.30. The van der Waals surface area contributed by atoms with Crippen molar-refractivity contribution in [2.75, 3.05) is 0 Å². The van der Waals surface area contributed by atoms with Crippen LogP contribution < -0.4 is 5.73 Å². The van der Waals surface area contributed by atoms with Crippen LogP contribution in [0.4, 0.5) is 5.69 Å². The number of hydrogen-bond acceptors (Lipinski definition) is 4. The molecular formula is C6H4BrN3O3. The van der Waals surface area contributed by atoms with Crippen LogP contribution in [0.1, 0.15) is 10.4 Å². The van der Waals surface area contributed by atoms with E-state index in [0.29, 0.717) is 0 Å². The zero-order valence-corrected chi connectivity index (χ0v) is 7.82. The molecule has 1 amide bonds. The second kappa shape index (κ2) is 3.48. The van der Waals surface area contributed by atoms with Crippen molar-refractivity contribution in [1.82, 2.24) is 4.98 Å². The Morgan fingerprint density at radius 1 is 1.69 bits per heavy atom. The number of primary amides is 1. The fourth-order valence-corrected chi connectivity index (χ4v) is 1.12. The van der Waals surface area contributed by atoms with Gasteiger partial charge in [0.15, 0.2) is 0 Å². The van der Waals surface area contributed by atoms with Crippen molar-refractivity contribution in [2.24, 2.45) is 5.73 Å². The summed E-state index contributed by atoms with van der Waals surface area (Å²) >= 11 is 2.95. The minimum atomic E-state index is -0.761. The first-order chi connectivity index (χ1) is 6.02. The normalized spacial score (nSPS) is 9.62. The smallest absolute Gasteiger partial charge is 0.288 e. The number of rotatable bonds is 2. The van der Waals surface area contributed by atoms with Crippen molar-refractivity contribution < 1.29 is 9.72 Å². The Hall–Kier alpha value is -1.50. The van der Waals surface area contributed by atoms with Crippen molar-refractivity contribution in [3.63, 3.8) is 0 Å². The molecule has 6 nitrogen and oxygen atoms in total. The molecule has 0 spiro atoms. The molecule has 7 heteroatoms. The van der Waals surface area contributed by atoms with Crippen LogP contribution in [0.2, 0.25) is 0 Å². The molecule has 1 aromatic rings. The maximum absolute atomic E-state index is 10.7. The number of carbonyl (C=O) groups excluding carboxylic acids is 1. The fourth-order valence-electron chi connectivity index (χ4n) is 0.710. The summed E-state index contributed by atoms with van der Waals surface area (Å²) in [6, 6.07) is 1.07. The van der Waals surface area contributed by atoms with E-state index in [1.165, 1.54) is 0 Å². The summed E-state index contributed by atoms with van der Waals surface area (Å²) in [4.78, 5) is 24.0. The van der Waals surface area contributed by atoms with Crippen LogP contribution in [-0.2, 0) is 0 Å². The van der Waals surface area contributed by atoms with Gasteiger partial charge >= 0.3 is 0 Å². The monoisotopic (exact) mass is 245 g/mol. The van der Waals surface area contributed by atoms with Crippen LogP contribution in [0.15, 0.2) is 16.9 Å². The minimum Gasteiger partial charge on any atom is -0.366 e. The maximum atomic E-state index is 10.7. The number of hydrogen-bond donors (Lipinski definition) is 1. The highest BCUT2D eigenvalue weighted by Gasteiger charge is 2.13. The second-order valence-electron chi connectivity index (χ2n) is 2.15. The van der Waals surface area contributed by atoms with Crippen molar-refractivity contribution in [3.05, 3.63) is 32.5 Å². The zero-order chi connectivity index (χ0) is 10.0. The number of nitrogens with two attached hydrogens (primary N) is 1. The molecule has 0 aliphatic carbocycles. The molecule has 0 saturated carbocycles. The summed E-state index contributed by atoms with van der Waals surface area (Å²) in [5, 5.41) is 10.3. The fraction of sp³-hybridized carbons (Fsp3) is 0. The number of nitro groups is 1. The molecule has 0 radical (unpaired) electrons. The number of aromatic nitrogens is 1. The van der Waals surface area contributed by atoms with Gasteiger partial charge in [-0.05, 0) is 15.9 Å². The Morgan fingerprint density at radius 2 is 2.31 bits per heavy atom. The summed E-state index contributed by atoms with van der Waals surface area (Å²) in [5.74, 6) is -0.761. The van der Waals surface area contributed by atoms with Crippen molar-refractivity contribution in [2.45, 2.75) is 0 Å². The quantitative estimate of drug-likeness (QED) is 0.475. The van der Waals surface area contributed by atoms with Gasteiger partial charge in [0.2, 0.25) is 0 Å². The average Bonchev–Trinajstić information content (AvgIpc) is 2.04. The van der Waals surface area contributed by atoms with Crippen molar-refractivity contribution >= 4 is 27.5 Å². The van der Waals surface area contributed by atoms with E-state index < -0.39 is 10.8 Å². The van der Waals surface area contributed by atoms with Gasteiger partial charge in [0.05, 0.1) is 10.5 Å². The van der Waals surface area contributed by atoms with Gasteiger partial charge in [0.1, 0.15) is 10.8 Å². The van der Waals surface area contributed by atoms with E-state index in [1.54, 1.807) is 0 Å². The zero-order valence-electron chi connectivity index (χ0n) is 6.23. The van der Waals surface area contributed by atoms with Crippen LogP contribution in [0.3, 0.4) is 0 Å². The number of amides is 1. The first-order valence-corrected chi connectivity index (χ1v) is 3.91. The molecule has 0 unspecified atom stereocenters. The van der Waals surface area contributed by atoms with E-state index in [2.05, 4.69) is 20.9 Å². The molecule has 0 saturated heterocycles. The van der Waals surface area contributed by atoms with Gasteiger partial charge in [-0.25, -0.2) is 4.98 Å². The van der Waals surface area contributed by atoms with Gasteiger partial charge in [0.25, 0.3) is 11.6 Å². The number of carbonyl (C=O) groups is 1. The molecule has 0 atom stereocenters. The molecule has 0 aliphatic heterocycles. The third kappa shape index (κ3) is 2.00. The van der Waals surface area contributed by atoms with Gasteiger partial charge in [-0.1, -0.05) is 0 Å². The molecule has 1 aromatic heterocycles. The highest BCUT2D eigenvalue weighted by Crippen LogP contribution is 2.18. The number of halogens is 1. The molecule has 0 aromatic carbocycles. The number of pyridine rings is 1. The lowest BCUT2D eigenvalue weighted by Gasteiger charge is -1.97. The Kier molecular flexibility index (Phi) is 2.57. The summed E-state index contributed by atoms with van der Waals surface area (Å²) in [5.41, 5.74) is 4.68. The van der Waals surface area contributed by atoms with Gasteiger partial charge in [-0.2, -0.15) is 0 Å². The first-order valence-electron chi connectivity index (χ1n) is 3.12. The predicted molar refractivity (Wildman–Crippen MR) is 47.1 cm³/mol. The minimum absolute atomic E-state index is 0.00537. The van der Waals surface area contributed by atoms with Gasteiger partial charge in [-0.3, -0.25) is 14.9 Å². The molecule has 2 N–H and O–H groups in total. The van der Waals surface area contributed by atoms with E-state index in [9.17, 15) is 14.9 Å².